The van der Waals surface area contributed by atoms with Crippen molar-refractivity contribution >= 4 is 11.0 Å². The summed E-state index contributed by atoms with van der Waals surface area (Å²) in [5, 5.41) is 0. The Kier molecular flexibility index (Phi) is 6.40. The molecule has 0 N–H and O–H groups in total. The van der Waals surface area contributed by atoms with E-state index < -0.39 is 0 Å². The second-order valence-corrected chi connectivity index (χ2v) is 12.8. The standard InChI is InChI=1S/C43H31N5/c1-43(2)35-18-10-9-17-33(35)34-27-31(25-26-36(34)43)41-46-39(28-13-5-3-6-14-28)45-40(47-41)29-21-23-30(24-22-29)42-44-37-19-11-12-20-38(37)48(42)32-15-7-4-8-16-32/h3-27H,1-2H3. The topological polar surface area (TPSA) is 56.5 Å². The van der Waals surface area contributed by atoms with Crippen molar-refractivity contribution in [1.29, 1.82) is 0 Å². The number of imidazole rings is 1. The fraction of sp³-hybridized carbons (Fsp3) is 0.0698. The molecule has 0 bridgehead atoms. The second-order valence-electron chi connectivity index (χ2n) is 12.8. The van der Waals surface area contributed by atoms with Gasteiger partial charge in [-0.2, -0.15) is 0 Å². The molecule has 0 saturated heterocycles. The van der Waals surface area contributed by atoms with Crippen molar-refractivity contribution in [3.05, 3.63) is 163 Å². The lowest BCUT2D eigenvalue weighted by Crippen LogP contribution is -2.14. The third-order valence-corrected chi connectivity index (χ3v) is 9.49. The molecule has 0 radical (unpaired) electrons. The zero-order valence-corrected chi connectivity index (χ0v) is 26.7. The molecule has 0 atom stereocenters. The number of para-hydroxylation sites is 3. The number of aromatic nitrogens is 5. The Hall–Kier alpha value is -6.20. The van der Waals surface area contributed by atoms with Crippen molar-refractivity contribution in [3.63, 3.8) is 0 Å². The number of hydrogen-bond donors (Lipinski definition) is 0. The minimum Gasteiger partial charge on any atom is -0.292 e. The molecule has 8 aromatic rings. The normalized spacial score (nSPS) is 13.0. The summed E-state index contributed by atoms with van der Waals surface area (Å²) in [5.41, 5.74) is 12.0. The second kappa shape index (κ2) is 11.0. The molecule has 2 heterocycles. The van der Waals surface area contributed by atoms with Crippen LogP contribution in [0.5, 0.6) is 0 Å². The van der Waals surface area contributed by atoms with Crippen LogP contribution in [0.25, 0.3) is 73.4 Å². The van der Waals surface area contributed by atoms with Crippen molar-refractivity contribution in [2.75, 3.05) is 0 Å². The van der Waals surface area contributed by atoms with Gasteiger partial charge in [0.2, 0.25) is 0 Å². The van der Waals surface area contributed by atoms with Gasteiger partial charge in [-0.15, -0.1) is 0 Å². The lowest BCUT2D eigenvalue weighted by molar-refractivity contribution is 0.660. The minimum absolute atomic E-state index is 0.0628. The molecule has 0 saturated carbocycles. The van der Waals surface area contributed by atoms with Crippen LogP contribution >= 0.6 is 0 Å². The molecule has 48 heavy (non-hydrogen) atoms. The quantitative estimate of drug-likeness (QED) is 0.193. The minimum atomic E-state index is -0.0628. The Morgan fingerprint density at radius 3 is 1.73 bits per heavy atom. The van der Waals surface area contributed by atoms with Crippen LogP contribution in [-0.2, 0) is 5.41 Å². The molecule has 228 valence electrons. The van der Waals surface area contributed by atoms with Crippen molar-refractivity contribution in [2.45, 2.75) is 19.3 Å². The fourth-order valence-electron chi connectivity index (χ4n) is 7.04. The first-order valence-electron chi connectivity index (χ1n) is 16.2. The Balaban J connectivity index is 1.16. The summed E-state index contributed by atoms with van der Waals surface area (Å²) in [4.78, 5) is 20.1. The summed E-state index contributed by atoms with van der Waals surface area (Å²) in [6.07, 6.45) is 0. The average molecular weight is 618 g/mol. The number of rotatable bonds is 5. The van der Waals surface area contributed by atoms with Crippen LogP contribution < -0.4 is 0 Å². The Bertz CT molecular complexity index is 2460. The van der Waals surface area contributed by atoms with E-state index in [0.717, 1.165) is 44.8 Å². The van der Waals surface area contributed by atoms with E-state index in [1.54, 1.807) is 0 Å². The Labute approximate surface area is 279 Å². The first-order valence-corrected chi connectivity index (χ1v) is 16.2. The summed E-state index contributed by atoms with van der Waals surface area (Å²) in [6.45, 7) is 4.59. The van der Waals surface area contributed by atoms with E-state index in [2.05, 4.69) is 128 Å². The monoisotopic (exact) mass is 617 g/mol. The van der Waals surface area contributed by atoms with E-state index >= 15 is 0 Å². The molecular weight excluding hydrogens is 587 g/mol. The molecule has 0 amide bonds. The molecular formula is C43H31N5. The van der Waals surface area contributed by atoms with Gasteiger partial charge in [0, 0.05) is 33.4 Å². The van der Waals surface area contributed by atoms with E-state index in [4.69, 9.17) is 19.9 Å². The Morgan fingerprint density at radius 2 is 0.979 bits per heavy atom. The summed E-state index contributed by atoms with van der Waals surface area (Å²) < 4.78 is 2.21. The summed E-state index contributed by atoms with van der Waals surface area (Å²) >= 11 is 0. The zero-order chi connectivity index (χ0) is 32.2. The van der Waals surface area contributed by atoms with E-state index in [1.165, 1.54) is 22.3 Å². The summed E-state index contributed by atoms with van der Waals surface area (Å²) in [5.74, 6) is 2.81. The van der Waals surface area contributed by atoms with E-state index in [9.17, 15) is 0 Å². The maximum absolute atomic E-state index is 5.08. The van der Waals surface area contributed by atoms with Gasteiger partial charge in [-0.05, 0) is 52.6 Å². The smallest absolute Gasteiger partial charge is 0.164 e. The largest absolute Gasteiger partial charge is 0.292 e. The van der Waals surface area contributed by atoms with Crippen molar-refractivity contribution in [3.8, 4) is 62.4 Å². The highest BCUT2D eigenvalue weighted by Crippen LogP contribution is 2.49. The molecule has 0 unspecified atom stereocenters. The molecule has 2 aromatic heterocycles. The molecule has 0 spiro atoms. The van der Waals surface area contributed by atoms with Gasteiger partial charge < -0.3 is 0 Å². The molecule has 6 aromatic carbocycles. The van der Waals surface area contributed by atoms with Gasteiger partial charge in [-0.1, -0.05) is 135 Å². The van der Waals surface area contributed by atoms with Crippen LogP contribution in [0.2, 0.25) is 0 Å². The van der Waals surface area contributed by atoms with Gasteiger partial charge >= 0.3 is 0 Å². The molecule has 0 fully saturated rings. The maximum atomic E-state index is 5.08. The van der Waals surface area contributed by atoms with Gasteiger partial charge in [0.15, 0.2) is 17.5 Å². The average Bonchev–Trinajstić information content (AvgIpc) is 3.65. The first-order chi connectivity index (χ1) is 23.5. The van der Waals surface area contributed by atoms with Crippen molar-refractivity contribution < 1.29 is 0 Å². The van der Waals surface area contributed by atoms with Crippen LogP contribution in [0, 0.1) is 0 Å². The maximum Gasteiger partial charge on any atom is 0.164 e. The summed E-state index contributed by atoms with van der Waals surface area (Å²) in [6, 6.07) is 52.5. The molecule has 5 heteroatoms. The number of nitrogens with zero attached hydrogens (tertiary/aromatic N) is 5. The lowest BCUT2D eigenvalue weighted by Gasteiger charge is -2.21. The molecule has 9 rings (SSSR count). The molecule has 0 aliphatic heterocycles. The van der Waals surface area contributed by atoms with Crippen LogP contribution in [0.1, 0.15) is 25.0 Å². The van der Waals surface area contributed by atoms with Crippen LogP contribution in [0.15, 0.2) is 152 Å². The predicted octanol–water partition coefficient (Wildman–Crippen LogP) is 10.2. The molecule has 5 nitrogen and oxygen atoms in total. The highest BCUT2D eigenvalue weighted by atomic mass is 15.1. The number of hydrogen-bond acceptors (Lipinski definition) is 4. The van der Waals surface area contributed by atoms with E-state index in [1.807, 2.05) is 42.5 Å². The first kappa shape index (κ1) is 28.1. The van der Waals surface area contributed by atoms with Crippen LogP contribution in [-0.4, -0.2) is 24.5 Å². The van der Waals surface area contributed by atoms with Crippen molar-refractivity contribution in [1.82, 2.24) is 24.5 Å². The molecule has 1 aliphatic rings. The van der Waals surface area contributed by atoms with Crippen molar-refractivity contribution in [2.24, 2.45) is 0 Å². The summed E-state index contributed by atoms with van der Waals surface area (Å²) in [7, 11) is 0. The highest BCUT2D eigenvalue weighted by molar-refractivity contribution is 5.85. The van der Waals surface area contributed by atoms with Gasteiger partial charge in [-0.3, -0.25) is 4.57 Å². The predicted molar refractivity (Wildman–Crippen MR) is 194 cm³/mol. The third kappa shape index (κ3) is 4.55. The third-order valence-electron chi connectivity index (χ3n) is 9.49. The van der Waals surface area contributed by atoms with E-state index in [0.29, 0.717) is 17.5 Å². The lowest BCUT2D eigenvalue weighted by atomic mass is 9.82. The number of fused-ring (bicyclic) bond motifs is 4. The van der Waals surface area contributed by atoms with Crippen LogP contribution in [0.4, 0.5) is 0 Å². The fourth-order valence-corrected chi connectivity index (χ4v) is 7.04. The molecule has 1 aliphatic carbocycles. The SMILES string of the molecule is CC1(C)c2ccccc2-c2cc(-c3nc(-c4ccccc4)nc(-c4ccc(-c5nc6ccccc6n5-c5ccccc5)cc4)n3)ccc21. The Morgan fingerprint density at radius 1 is 0.438 bits per heavy atom. The van der Waals surface area contributed by atoms with Gasteiger partial charge in [0.25, 0.3) is 0 Å². The van der Waals surface area contributed by atoms with E-state index in [-0.39, 0.29) is 5.41 Å². The zero-order valence-electron chi connectivity index (χ0n) is 26.7. The van der Waals surface area contributed by atoms with Gasteiger partial charge in [-0.25, -0.2) is 19.9 Å². The highest BCUT2D eigenvalue weighted by Gasteiger charge is 2.35. The van der Waals surface area contributed by atoms with Crippen LogP contribution in [0.3, 0.4) is 0 Å². The van der Waals surface area contributed by atoms with Gasteiger partial charge in [0.1, 0.15) is 5.82 Å². The van der Waals surface area contributed by atoms with Gasteiger partial charge in [0.05, 0.1) is 11.0 Å². The number of benzene rings is 6.